The van der Waals surface area contributed by atoms with Crippen LogP contribution in [0.25, 0.3) is 10.4 Å². The number of aromatic nitrogens is 1. The van der Waals surface area contributed by atoms with Crippen molar-refractivity contribution < 1.29 is 14.3 Å². The standard InChI is InChI=1S/C14H15NO3S/c1-3-17-11-8-6-5-7-10(11)13-12(15-9-19-13)14(16)18-4-2/h5-9H,3-4H2,1-2H3. The average Bonchev–Trinajstić information content (AvgIpc) is 2.89. The highest BCUT2D eigenvalue weighted by Crippen LogP contribution is 2.35. The van der Waals surface area contributed by atoms with Crippen molar-refractivity contribution >= 4 is 17.3 Å². The first-order chi connectivity index (χ1) is 9.27. The largest absolute Gasteiger partial charge is 0.493 e. The Bertz CT molecular complexity index is 565. The smallest absolute Gasteiger partial charge is 0.358 e. The summed E-state index contributed by atoms with van der Waals surface area (Å²) in [6, 6.07) is 7.61. The summed E-state index contributed by atoms with van der Waals surface area (Å²) in [5, 5.41) is 0. The summed E-state index contributed by atoms with van der Waals surface area (Å²) in [5.74, 6) is 0.352. The number of rotatable bonds is 5. The van der Waals surface area contributed by atoms with E-state index in [0.717, 1.165) is 16.2 Å². The molecule has 0 aliphatic rings. The molecule has 1 aromatic carbocycles. The first kappa shape index (κ1) is 13.5. The predicted octanol–water partition coefficient (Wildman–Crippen LogP) is 3.39. The molecule has 0 aliphatic heterocycles. The number of ether oxygens (including phenoxy) is 2. The summed E-state index contributed by atoms with van der Waals surface area (Å²) in [4.78, 5) is 16.7. The summed E-state index contributed by atoms with van der Waals surface area (Å²) in [7, 11) is 0. The van der Waals surface area contributed by atoms with Gasteiger partial charge < -0.3 is 9.47 Å². The molecule has 0 radical (unpaired) electrons. The second kappa shape index (κ2) is 6.33. The van der Waals surface area contributed by atoms with Gasteiger partial charge in [0.1, 0.15) is 5.75 Å². The molecule has 1 heterocycles. The fourth-order valence-corrected chi connectivity index (χ4v) is 2.52. The van der Waals surface area contributed by atoms with E-state index >= 15 is 0 Å². The molecule has 0 spiro atoms. The molecule has 0 amide bonds. The van der Waals surface area contributed by atoms with Crippen LogP contribution in [-0.4, -0.2) is 24.2 Å². The monoisotopic (exact) mass is 277 g/mol. The van der Waals surface area contributed by atoms with Crippen LogP contribution in [0.3, 0.4) is 0 Å². The minimum atomic E-state index is -0.398. The number of hydrogen-bond acceptors (Lipinski definition) is 5. The Hall–Kier alpha value is -1.88. The van der Waals surface area contributed by atoms with Gasteiger partial charge in [0.15, 0.2) is 5.69 Å². The van der Waals surface area contributed by atoms with Crippen molar-refractivity contribution in [1.29, 1.82) is 0 Å². The van der Waals surface area contributed by atoms with Crippen LogP contribution in [-0.2, 0) is 4.74 Å². The van der Waals surface area contributed by atoms with Gasteiger partial charge >= 0.3 is 5.97 Å². The van der Waals surface area contributed by atoms with Gasteiger partial charge in [-0.25, -0.2) is 9.78 Å². The second-order valence-corrected chi connectivity index (χ2v) is 4.53. The van der Waals surface area contributed by atoms with Crippen molar-refractivity contribution in [2.75, 3.05) is 13.2 Å². The molecule has 0 atom stereocenters. The highest BCUT2D eigenvalue weighted by atomic mass is 32.1. The van der Waals surface area contributed by atoms with Gasteiger partial charge in [0.05, 0.1) is 23.6 Å². The second-order valence-electron chi connectivity index (χ2n) is 3.68. The lowest BCUT2D eigenvalue weighted by Crippen LogP contribution is -2.06. The summed E-state index contributed by atoms with van der Waals surface area (Å²) < 4.78 is 10.6. The number of esters is 1. The van der Waals surface area contributed by atoms with Gasteiger partial charge in [-0.05, 0) is 26.0 Å². The van der Waals surface area contributed by atoms with Gasteiger partial charge in [-0.2, -0.15) is 0 Å². The molecule has 19 heavy (non-hydrogen) atoms. The SMILES string of the molecule is CCOC(=O)c1ncsc1-c1ccccc1OCC. The number of carbonyl (C=O) groups excluding carboxylic acids is 1. The zero-order valence-corrected chi connectivity index (χ0v) is 11.7. The van der Waals surface area contributed by atoms with E-state index in [1.165, 1.54) is 11.3 Å². The molecule has 0 fully saturated rings. The summed E-state index contributed by atoms with van der Waals surface area (Å²) in [6.07, 6.45) is 0. The van der Waals surface area contributed by atoms with Crippen LogP contribution in [0, 0.1) is 0 Å². The van der Waals surface area contributed by atoms with E-state index in [1.807, 2.05) is 31.2 Å². The highest BCUT2D eigenvalue weighted by Gasteiger charge is 2.19. The van der Waals surface area contributed by atoms with Gasteiger partial charge in [0.2, 0.25) is 0 Å². The lowest BCUT2D eigenvalue weighted by molar-refractivity contribution is 0.0521. The third-order valence-electron chi connectivity index (χ3n) is 2.47. The number of nitrogens with zero attached hydrogens (tertiary/aromatic N) is 1. The molecular weight excluding hydrogens is 262 g/mol. The molecule has 0 N–H and O–H groups in total. The molecule has 5 heteroatoms. The Morgan fingerprint density at radius 2 is 2.05 bits per heavy atom. The third-order valence-corrected chi connectivity index (χ3v) is 3.33. The number of hydrogen-bond donors (Lipinski definition) is 0. The molecule has 0 aliphatic carbocycles. The van der Waals surface area contributed by atoms with Crippen molar-refractivity contribution in [2.24, 2.45) is 0 Å². The zero-order valence-electron chi connectivity index (χ0n) is 10.9. The maximum Gasteiger partial charge on any atom is 0.358 e. The molecule has 2 aromatic rings. The number of para-hydroxylation sites is 1. The van der Waals surface area contributed by atoms with E-state index in [-0.39, 0.29) is 0 Å². The van der Waals surface area contributed by atoms with Gasteiger partial charge in [-0.15, -0.1) is 11.3 Å². The lowest BCUT2D eigenvalue weighted by Gasteiger charge is -2.09. The van der Waals surface area contributed by atoms with E-state index in [2.05, 4.69) is 4.98 Å². The van der Waals surface area contributed by atoms with Crippen molar-refractivity contribution in [3.8, 4) is 16.2 Å². The summed E-state index contributed by atoms with van der Waals surface area (Å²) in [6.45, 7) is 4.61. The molecule has 100 valence electrons. The van der Waals surface area contributed by atoms with Gasteiger partial charge in [0.25, 0.3) is 0 Å². The maximum absolute atomic E-state index is 11.9. The van der Waals surface area contributed by atoms with Crippen LogP contribution in [0.5, 0.6) is 5.75 Å². The quantitative estimate of drug-likeness (QED) is 0.786. The average molecular weight is 277 g/mol. The van der Waals surface area contributed by atoms with Crippen LogP contribution < -0.4 is 4.74 Å². The van der Waals surface area contributed by atoms with E-state index in [4.69, 9.17) is 9.47 Å². The van der Waals surface area contributed by atoms with Crippen LogP contribution in [0.4, 0.5) is 0 Å². The van der Waals surface area contributed by atoms with Crippen LogP contribution in [0.15, 0.2) is 29.8 Å². The minimum Gasteiger partial charge on any atom is -0.493 e. The molecular formula is C14H15NO3S. The Kier molecular flexibility index (Phi) is 4.52. The topological polar surface area (TPSA) is 48.4 Å². The fourth-order valence-electron chi connectivity index (χ4n) is 1.72. The van der Waals surface area contributed by atoms with Crippen molar-refractivity contribution in [3.05, 3.63) is 35.5 Å². The highest BCUT2D eigenvalue weighted by molar-refractivity contribution is 7.13. The Labute approximate surface area is 116 Å². The molecule has 0 saturated heterocycles. The van der Waals surface area contributed by atoms with Gasteiger partial charge in [-0.3, -0.25) is 0 Å². The minimum absolute atomic E-state index is 0.336. The zero-order chi connectivity index (χ0) is 13.7. The van der Waals surface area contributed by atoms with E-state index in [9.17, 15) is 4.79 Å². The van der Waals surface area contributed by atoms with Crippen molar-refractivity contribution in [2.45, 2.75) is 13.8 Å². The van der Waals surface area contributed by atoms with Crippen LogP contribution in [0.2, 0.25) is 0 Å². The molecule has 1 aromatic heterocycles. The third kappa shape index (κ3) is 2.93. The van der Waals surface area contributed by atoms with Crippen molar-refractivity contribution in [3.63, 3.8) is 0 Å². The van der Waals surface area contributed by atoms with E-state index in [0.29, 0.717) is 18.9 Å². The Morgan fingerprint density at radius 3 is 2.79 bits per heavy atom. The van der Waals surface area contributed by atoms with Gasteiger partial charge in [0, 0.05) is 5.56 Å². The lowest BCUT2D eigenvalue weighted by atomic mass is 10.1. The predicted molar refractivity (Wildman–Crippen MR) is 74.7 cm³/mol. The first-order valence-electron chi connectivity index (χ1n) is 6.10. The molecule has 0 bridgehead atoms. The summed E-state index contributed by atoms with van der Waals surface area (Å²) in [5.41, 5.74) is 2.86. The van der Waals surface area contributed by atoms with Gasteiger partial charge in [-0.1, -0.05) is 12.1 Å². The molecule has 4 nitrogen and oxygen atoms in total. The molecule has 2 rings (SSSR count). The van der Waals surface area contributed by atoms with Crippen LogP contribution in [0.1, 0.15) is 24.3 Å². The Balaban J connectivity index is 2.42. The van der Waals surface area contributed by atoms with E-state index < -0.39 is 5.97 Å². The van der Waals surface area contributed by atoms with Crippen molar-refractivity contribution in [1.82, 2.24) is 4.98 Å². The number of thiazole rings is 1. The Morgan fingerprint density at radius 1 is 1.26 bits per heavy atom. The molecule has 0 saturated carbocycles. The van der Waals surface area contributed by atoms with Crippen LogP contribution >= 0.6 is 11.3 Å². The fraction of sp³-hybridized carbons (Fsp3) is 0.286. The summed E-state index contributed by atoms with van der Waals surface area (Å²) >= 11 is 1.40. The molecule has 0 unspecified atom stereocenters. The number of benzene rings is 1. The normalized spacial score (nSPS) is 10.2. The first-order valence-corrected chi connectivity index (χ1v) is 6.98. The maximum atomic E-state index is 11.9. The number of carbonyl (C=O) groups is 1. The van der Waals surface area contributed by atoms with E-state index in [1.54, 1.807) is 12.4 Å².